The summed E-state index contributed by atoms with van der Waals surface area (Å²) in [6.07, 6.45) is 2.50. The van der Waals surface area contributed by atoms with Crippen LogP contribution in [0.3, 0.4) is 0 Å². The second-order valence-corrected chi connectivity index (χ2v) is 7.33. The third-order valence-electron chi connectivity index (χ3n) is 4.84. The minimum Gasteiger partial charge on any atom is -0.370 e. The lowest BCUT2D eigenvalue weighted by molar-refractivity contribution is -0.116. The molecule has 0 bridgehead atoms. The van der Waals surface area contributed by atoms with Crippen LogP contribution in [0.2, 0.25) is 5.02 Å². The van der Waals surface area contributed by atoms with E-state index in [1.165, 1.54) is 6.07 Å². The highest BCUT2D eigenvalue weighted by Crippen LogP contribution is 2.31. The van der Waals surface area contributed by atoms with E-state index >= 15 is 0 Å². The van der Waals surface area contributed by atoms with Gasteiger partial charge < -0.3 is 14.7 Å². The van der Waals surface area contributed by atoms with Crippen LogP contribution in [-0.4, -0.2) is 29.1 Å². The van der Waals surface area contributed by atoms with Gasteiger partial charge in [0.05, 0.1) is 5.69 Å². The number of anilines is 2. The topological polar surface area (TPSA) is 71.3 Å². The molecule has 1 aliphatic rings. The number of amides is 1. The van der Waals surface area contributed by atoms with Crippen molar-refractivity contribution in [3.63, 3.8) is 0 Å². The fourth-order valence-electron chi connectivity index (χ4n) is 3.35. The summed E-state index contributed by atoms with van der Waals surface area (Å²) in [6.45, 7) is 1.73. The van der Waals surface area contributed by atoms with E-state index in [1.54, 1.807) is 30.3 Å². The molecule has 1 saturated heterocycles. The first-order chi connectivity index (χ1) is 14.1. The molecule has 3 aromatic rings. The Bertz CT molecular complexity index is 1000. The summed E-state index contributed by atoms with van der Waals surface area (Å²) < 4.78 is 19.6. The van der Waals surface area contributed by atoms with Gasteiger partial charge in [-0.3, -0.25) is 4.79 Å². The number of benzene rings is 2. The predicted molar refractivity (Wildman–Crippen MR) is 110 cm³/mol. The van der Waals surface area contributed by atoms with Crippen molar-refractivity contribution in [2.75, 3.05) is 23.3 Å². The largest absolute Gasteiger partial charge is 0.370 e. The van der Waals surface area contributed by atoms with Gasteiger partial charge in [0.25, 0.3) is 0 Å². The molecule has 2 heterocycles. The molecule has 0 unspecified atom stereocenters. The summed E-state index contributed by atoms with van der Waals surface area (Å²) in [5, 5.41) is 7.26. The summed E-state index contributed by atoms with van der Waals surface area (Å²) in [6, 6.07) is 11.9. The standard InChI is InChI=1S/C21H20ClFN4O2/c22-15-8-6-14(7-9-15)21-25-19(29-26-21)11-10-18(28)24-20-16(23)4-3-5-17(20)27-12-1-2-13-27/h3-9H,1-2,10-13H2,(H,24,28). The molecular formula is C21H20ClFN4O2. The molecule has 1 aliphatic heterocycles. The SMILES string of the molecule is O=C(CCc1nc(-c2ccc(Cl)cc2)no1)Nc1c(F)cccc1N1CCCC1. The van der Waals surface area contributed by atoms with Crippen molar-refractivity contribution in [3.8, 4) is 11.4 Å². The average molecular weight is 415 g/mol. The molecule has 0 atom stereocenters. The zero-order chi connectivity index (χ0) is 20.2. The molecule has 4 rings (SSSR count). The Balaban J connectivity index is 1.39. The van der Waals surface area contributed by atoms with Crippen molar-refractivity contribution in [2.45, 2.75) is 25.7 Å². The summed E-state index contributed by atoms with van der Waals surface area (Å²) in [7, 11) is 0. The van der Waals surface area contributed by atoms with Crippen molar-refractivity contribution in [2.24, 2.45) is 0 Å². The average Bonchev–Trinajstić information content (AvgIpc) is 3.41. The van der Waals surface area contributed by atoms with E-state index in [4.69, 9.17) is 16.1 Å². The van der Waals surface area contributed by atoms with Crippen molar-refractivity contribution < 1.29 is 13.7 Å². The number of carbonyl (C=O) groups excluding carboxylic acids is 1. The van der Waals surface area contributed by atoms with Crippen molar-refractivity contribution in [1.82, 2.24) is 10.1 Å². The van der Waals surface area contributed by atoms with E-state index in [9.17, 15) is 9.18 Å². The Hall–Kier alpha value is -2.93. The molecule has 2 aromatic carbocycles. The summed E-state index contributed by atoms with van der Waals surface area (Å²) in [5.74, 6) is 0.0354. The summed E-state index contributed by atoms with van der Waals surface area (Å²) in [5.41, 5.74) is 1.72. The maximum absolute atomic E-state index is 14.4. The zero-order valence-electron chi connectivity index (χ0n) is 15.7. The first kappa shape index (κ1) is 19.4. The van der Waals surface area contributed by atoms with E-state index in [0.717, 1.165) is 37.2 Å². The second-order valence-electron chi connectivity index (χ2n) is 6.89. The number of nitrogens with zero attached hydrogens (tertiary/aromatic N) is 3. The van der Waals surface area contributed by atoms with E-state index in [-0.39, 0.29) is 24.4 Å². The molecule has 0 aliphatic carbocycles. The van der Waals surface area contributed by atoms with Gasteiger partial charge in [-0.15, -0.1) is 0 Å². The van der Waals surface area contributed by atoms with Crippen LogP contribution in [0.4, 0.5) is 15.8 Å². The molecule has 1 N–H and O–H groups in total. The molecule has 0 radical (unpaired) electrons. The lowest BCUT2D eigenvalue weighted by Gasteiger charge is -2.21. The van der Waals surface area contributed by atoms with E-state index in [2.05, 4.69) is 20.4 Å². The smallest absolute Gasteiger partial charge is 0.227 e. The van der Waals surface area contributed by atoms with Crippen LogP contribution in [0.15, 0.2) is 47.0 Å². The van der Waals surface area contributed by atoms with Crippen LogP contribution < -0.4 is 10.2 Å². The zero-order valence-corrected chi connectivity index (χ0v) is 16.5. The van der Waals surface area contributed by atoms with Crippen LogP contribution >= 0.6 is 11.6 Å². The maximum Gasteiger partial charge on any atom is 0.227 e. The number of carbonyl (C=O) groups is 1. The molecule has 6 nitrogen and oxygen atoms in total. The Morgan fingerprint density at radius 1 is 1.17 bits per heavy atom. The highest BCUT2D eigenvalue weighted by atomic mass is 35.5. The third-order valence-corrected chi connectivity index (χ3v) is 5.09. The van der Waals surface area contributed by atoms with Gasteiger partial charge in [0.15, 0.2) is 0 Å². The lowest BCUT2D eigenvalue weighted by atomic mass is 10.2. The van der Waals surface area contributed by atoms with Gasteiger partial charge in [0.2, 0.25) is 17.6 Å². The lowest BCUT2D eigenvalue weighted by Crippen LogP contribution is -2.22. The Kier molecular flexibility index (Phi) is 5.76. The molecule has 29 heavy (non-hydrogen) atoms. The van der Waals surface area contributed by atoms with Crippen LogP contribution in [0.1, 0.15) is 25.2 Å². The predicted octanol–water partition coefficient (Wildman–Crippen LogP) is 4.70. The highest BCUT2D eigenvalue weighted by molar-refractivity contribution is 6.30. The number of aryl methyl sites for hydroxylation is 1. The van der Waals surface area contributed by atoms with Gasteiger partial charge >= 0.3 is 0 Å². The fraction of sp³-hybridized carbons (Fsp3) is 0.286. The van der Waals surface area contributed by atoms with Crippen LogP contribution in [0.5, 0.6) is 0 Å². The van der Waals surface area contributed by atoms with E-state index < -0.39 is 5.82 Å². The van der Waals surface area contributed by atoms with Gasteiger partial charge in [-0.05, 0) is 49.2 Å². The molecule has 0 spiro atoms. The van der Waals surface area contributed by atoms with Gasteiger partial charge in [-0.2, -0.15) is 4.98 Å². The number of nitrogens with one attached hydrogen (secondary N) is 1. The van der Waals surface area contributed by atoms with Gasteiger partial charge in [-0.25, -0.2) is 4.39 Å². The maximum atomic E-state index is 14.4. The first-order valence-electron chi connectivity index (χ1n) is 9.52. The number of rotatable bonds is 6. The van der Waals surface area contributed by atoms with Crippen LogP contribution in [0.25, 0.3) is 11.4 Å². The van der Waals surface area contributed by atoms with Crippen molar-refractivity contribution in [3.05, 3.63) is 59.2 Å². The normalized spacial score (nSPS) is 13.7. The molecule has 8 heteroatoms. The minimum atomic E-state index is -0.439. The Morgan fingerprint density at radius 2 is 1.93 bits per heavy atom. The van der Waals surface area contributed by atoms with Crippen molar-refractivity contribution >= 4 is 28.9 Å². The van der Waals surface area contributed by atoms with E-state index in [0.29, 0.717) is 16.7 Å². The molecule has 0 saturated carbocycles. The summed E-state index contributed by atoms with van der Waals surface area (Å²) in [4.78, 5) is 18.8. The van der Waals surface area contributed by atoms with Crippen molar-refractivity contribution in [1.29, 1.82) is 0 Å². The third kappa shape index (κ3) is 4.56. The van der Waals surface area contributed by atoms with Gasteiger partial charge in [0, 0.05) is 36.5 Å². The molecule has 1 aromatic heterocycles. The summed E-state index contributed by atoms with van der Waals surface area (Å²) >= 11 is 5.88. The number of aromatic nitrogens is 2. The second kappa shape index (κ2) is 8.61. The molecule has 1 amide bonds. The Labute approximate surface area is 172 Å². The fourth-order valence-corrected chi connectivity index (χ4v) is 3.48. The van der Waals surface area contributed by atoms with Crippen LogP contribution in [0, 0.1) is 5.82 Å². The minimum absolute atomic E-state index is 0.107. The van der Waals surface area contributed by atoms with Gasteiger partial charge in [0.1, 0.15) is 11.5 Å². The Morgan fingerprint density at radius 3 is 2.69 bits per heavy atom. The monoisotopic (exact) mass is 414 g/mol. The number of halogens is 2. The molecule has 1 fully saturated rings. The molecule has 150 valence electrons. The molecular weight excluding hydrogens is 395 g/mol. The van der Waals surface area contributed by atoms with E-state index in [1.807, 2.05) is 6.07 Å². The number of hydrogen-bond donors (Lipinski definition) is 1. The van der Waals surface area contributed by atoms with Crippen LogP contribution in [-0.2, 0) is 11.2 Å². The number of para-hydroxylation sites is 1. The quantitative estimate of drug-likeness (QED) is 0.633. The first-order valence-corrected chi connectivity index (χ1v) is 9.90. The number of hydrogen-bond acceptors (Lipinski definition) is 5. The highest BCUT2D eigenvalue weighted by Gasteiger charge is 2.20. The van der Waals surface area contributed by atoms with Gasteiger partial charge in [-0.1, -0.05) is 22.8 Å².